The minimum atomic E-state index is 0.533. The van der Waals surface area contributed by atoms with Crippen LogP contribution in [0, 0.1) is 0 Å². The van der Waals surface area contributed by atoms with E-state index >= 15 is 0 Å². The lowest BCUT2D eigenvalue weighted by molar-refractivity contribution is 0.0770. The number of hydrogen-bond acceptors (Lipinski definition) is 2. The van der Waals surface area contributed by atoms with Crippen LogP contribution in [-0.4, -0.2) is 42.0 Å². The largest absolute Gasteiger partial charge is 0.298 e. The zero-order valence-electron chi connectivity index (χ0n) is 11.0. The minimum Gasteiger partial charge on any atom is -0.298 e. The summed E-state index contributed by atoms with van der Waals surface area (Å²) in [6, 6.07) is 10.1. The van der Waals surface area contributed by atoms with Crippen LogP contribution < -0.4 is 0 Å². The van der Waals surface area contributed by atoms with E-state index in [0.29, 0.717) is 6.04 Å². The summed E-state index contributed by atoms with van der Waals surface area (Å²) in [4.78, 5) is 5.32. The Bertz CT molecular complexity index is 421. The highest BCUT2D eigenvalue weighted by Crippen LogP contribution is 2.28. The number of halogens is 1. The minimum absolute atomic E-state index is 0.533. The SMILES string of the molecule is CC(c1cccc(Br)c1)N1CCN2CCCC2C1. The predicted octanol–water partition coefficient (Wildman–Crippen LogP) is 3.29. The zero-order chi connectivity index (χ0) is 12.5. The summed E-state index contributed by atoms with van der Waals surface area (Å²) in [7, 11) is 0. The van der Waals surface area contributed by atoms with Crippen molar-refractivity contribution in [2.75, 3.05) is 26.2 Å². The van der Waals surface area contributed by atoms with Gasteiger partial charge in [0.15, 0.2) is 0 Å². The Morgan fingerprint density at radius 2 is 2.17 bits per heavy atom. The van der Waals surface area contributed by atoms with E-state index in [4.69, 9.17) is 0 Å². The van der Waals surface area contributed by atoms with E-state index < -0.39 is 0 Å². The molecule has 0 amide bonds. The third kappa shape index (κ3) is 2.49. The molecule has 3 rings (SSSR count). The molecule has 1 aromatic carbocycles. The molecule has 0 aliphatic carbocycles. The third-order valence-electron chi connectivity index (χ3n) is 4.50. The Morgan fingerprint density at radius 3 is 3.00 bits per heavy atom. The summed E-state index contributed by atoms with van der Waals surface area (Å²) < 4.78 is 1.19. The number of piperazine rings is 1. The highest BCUT2D eigenvalue weighted by molar-refractivity contribution is 9.10. The van der Waals surface area contributed by atoms with Crippen molar-refractivity contribution in [1.82, 2.24) is 9.80 Å². The predicted molar refractivity (Wildman–Crippen MR) is 78.7 cm³/mol. The number of fused-ring (bicyclic) bond motifs is 1. The van der Waals surface area contributed by atoms with Gasteiger partial charge in [-0.15, -0.1) is 0 Å². The van der Waals surface area contributed by atoms with Crippen molar-refractivity contribution >= 4 is 15.9 Å². The second kappa shape index (κ2) is 5.32. The molecule has 2 fully saturated rings. The molecule has 18 heavy (non-hydrogen) atoms. The van der Waals surface area contributed by atoms with Crippen molar-refractivity contribution in [3.05, 3.63) is 34.3 Å². The van der Waals surface area contributed by atoms with Crippen molar-refractivity contribution in [1.29, 1.82) is 0 Å². The Balaban J connectivity index is 1.71. The highest BCUT2D eigenvalue weighted by Gasteiger charge is 2.32. The van der Waals surface area contributed by atoms with Gasteiger partial charge in [0.2, 0.25) is 0 Å². The lowest BCUT2D eigenvalue weighted by Crippen LogP contribution is -2.50. The van der Waals surface area contributed by atoms with Crippen LogP contribution in [0.25, 0.3) is 0 Å². The van der Waals surface area contributed by atoms with Crippen molar-refractivity contribution in [3.63, 3.8) is 0 Å². The van der Waals surface area contributed by atoms with Gasteiger partial charge in [0.1, 0.15) is 0 Å². The fraction of sp³-hybridized carbons (Fsp3) is 0.600. The van der Waals surface area contributed by atoms with E-state index in [1.165, 1.54) is 49.1 Å². The second-order valence-corrected chi connectivity index (χ2v) is 6.47. The van der Waals surface area contributed by atoms with Gasteiger partial charge in [0.05, 0.1) is 0 Å². The molecule has 2 aliphatic rings. The van der Waals surface area contributed by atoms with Crippen molar-refractivity contribution in [3.8, 4) is 0 Å². The van der Waals surface area contributed by atoms with E-state index in [1.54, 1.807) is 0 Å². The molecule has 0 aromatic heterocycles. The van der Waals surface area contributed by atoms with Crippen molar-refractivity contribution < 1.29 is 0 Å². The van der Waals surface area contributed by atoms with Gasteiger partial charge in [-0.2, -0.15) is 0 Å². The van der Waals surface area contributed by atoms with Crippen LogP contribution in [0.15, 0.2) is 28.7 Å². The molecule has 2 atom stereocenters. The molecule has 2 heterocycles. The number of nitrogens with zero attached hydrogens (tertiary/aromatic N) is 2. The summed E-state index contributed by atoms with van der Waals surface area (Å²) in [5.74, 6) is 0. The molecule has 2 nitrogen and oxygen atoms in total. The monoisotopic (exact) mass is 308 g/mol. The van der Waals surface area contributed by atoms with Crippen LogP contribution in [0.1, 0.15) is 31.4 Å². The fourth-order valence-corrected chi connectivity index (χ4v) is 3.76. The van der Waals surface area contributed by atoms with Crippen LogP contribution in [0.2, 0.25) is 0 Å². The van der Waals surface area contributed by atoms with E-state index in [2.05, 4.69) is 56.9 Å². The van der Waals surface area contributed by atoms with Gasteiger partial charge >= 0.3 is 0 Å². The van der Waals surface area contributed by atoms with Crippen molar-refractivity contribution in [2.24, 2.45) is 0 Å². The smallest absolute Gasteiger partial charge is 0.0321 e. The van der Waals surface area contributed by atoms with E-state index in [1.807, 2.05) is 0 Å². The van der Waals surface area contributed by atoms with Crippen LogP contribution in [0.5, 0.6) is 0 Å². The number of rotatable bonds is 2. The molecule has 0 spiro atoms. The second-order valence-electron chi connectivity index (χ2n) is 5.56. The van der Waals surface area contributed by atoms with Crippen LogP contribution >= 0.6 is 15.9 Å². The first kappa shape index (κ1) is 12.6. The normalized spacial score (nSPS) is 27.1. The number of benzene rings is 1. The maximum Gasteiger partial charge on any atom is 0.0321 e. The summed E-state index contributed by atoms with van der Waals surface area (Å²) in [5.41, 5.74) is 1.43. The fourth-order valence-electron chi connectivity index (χ4n) is 3.34. The van der Waals surface area contributed by atoms with E-state index in [9.17, 15) is 0 Å². The standard InChI is InChI=1S/C15H21BrN2/c1-12(13-4-2-5-14(16)10-13)18-9-8-17-7-3-6-15(17)11-18/h2,4-5,10,12,15H,3,6-9,11H2,1H3. The van der Waals surface area contributed by atoms with Gasteiger partial charge < -0.3 is 0 Å². The third-order valence-corrected chi connectivity index (χ3v) is 4.99. The number of hydrogen-bond donors (Lipinski definition) is 0. The van der Waals surface area contributed by atoms with Gasteiger partial charge in [0, 0.05) is 36.2 Å². The Labute approximate surface area is 118 Å². The van der Waals surface area contributed by atoms with Crippen LogP contribution in [-0.2, 0) is 0 Å². The molecule has 0 radical (unpaired) electrons. The summed E-state index contributed by atoms with van der Waals surface area (Å²) in [6.45, 7) is 7.37. The van der Waals surface area contributed by atoms with Crippen molar-refractivity contribution in [2.45, 2.75) is 31.8 Å². The molecule has 2 saturated heterocycles. The van der Waals surface area contributed by atoms with Gasteiger partial charge in [0.25, 0.3) is 0 Å². The average molecular weight is 309 g/mol. The van der Waals surface area contributed by atoms with Gasteiger partial charge in [-0.1, -0.05) is 28.1 Å². The summed E-state index contributed by atoms with van der Waals surface area (Å²) >= 11 is 3.57. The van der Waals surface area contributed by atoms with Crippen LogP contribution in [0.4, 0.5) is 0 Å². The molecular formula is C15H21BrN2. The van der Waals surface area contributed by atoms with Gasteiger partial charge in [-0.3, -0.25) is 9.80 Å². The summed E-state index contributed by atoms with van der Waals surface area (Å²) in [6.07, 6.45) is 2.78. The molecule has 0 bridgehead atoms. The molecule has 2 unspecified atom stereocenters. The summed E-state index contributed by atoms with van der Waals surface area (Å²) in [5, 5.41) is 0. The molecule has 3 heteroatoms. The Morgan fingerprint density at radius 1 is 1.28 bits per heavy atom. The van der Waals surface area contributed by atoms with Gasteiger partial charge in [-0.25, -0.2) is 0 Å². The molecule has 1 aromatic rings. The molecule has 0 N–H and O–H groups in total. The molecule has 2 aliphatic heterocycles. The topological polar surface area (TPSA) is 6.48 Å². The lowest BCUT2D eigenvalue weighted by atomic mass is 10.0. The Kier molecular flexibility index (Phi) is 3.73. The zero-order valence-corrected chi connectivity index (χ0v) is 12.6. The maximum atomic E-state index is 3.57. The molecular weight excluding hydrogens is 288 g/mol. The van der Waals surface area contributed by atoms with Gasteiger partial charge in [-0.05, 0) is 44.0 Å². The first-order valence-electron chi connectivity index (χ1n) is 6.97. The first-order chi connectivity index (χ1) is 8.74. The quantitative estimate of drug-likeness (QED) is 0.827. The van der Waals surface area contributed by atoms with Crippen LogP contribution in [0.3, 0.4) is 0 Å². The lowest BCUT2D eigenvalue weighted by Gasteiger charge is -2.40. The Hall–Kier alpha value is -0.380. The molecule has 98 valence electrons. The maximum absolute atomic E-state index is 3.57. The van der Waals surface area contributed by atoms with E-state index in [0.717, 1.165) is 6.04 Å². The highest BCUT2D eigenvalue weighted by atomic mass is 79.9. The average Bonchev–Trinajstić information content (AvgIpc) is 2.85. The molecule has 0 saturated carbocycles. The first-order valence-corrected chi connectivity index (χ1v) is 7.77. The van der Waals surface area contributed by atoms with E-state index in [-0.39, 0.29) is 0 Å².